The zero-order valence-electron chi connectivity index (χ0n) is 10.4. The molecule has 1 atom stereocenters. The van der Waals surface area contributed by atoms with Crippen LogP contribution in [0.1, 0.15) is 36.3 Å². The number of allylic oxidation sites excluding steroid dienone is 2. The van der Waals surface area contributed by atoms with Crippen molar-refractivity contribution in [1.29, 1.82) is 0 Å². The Bertz CT molecular complexity index is 528. The predicted molar refractivity (Wildman–Crippen MR) is 75.2 cm³/mol. The molecule has 1 heterocycles. The third-order valence-corrected chi connectivity index (χ3v) is 3.64. The number of hydrogen-bond acceptors (Lipinski definition) is 1. The van der Waals surface area contributed by atoms with Gasteiger partial charge in [0.15, 0.2) is 0 Å². The van der Waals surface area contributed by atoms with Gasteiger partial charge in [0.05, 0.1) is 0 Å². The Labute approximate surface area is 108 Å². The van der Waals surface area contributed by atoms with Crippen LogP contribution in [0.4, 0.5) is 0 Å². The van der Waals surface area contributed by atoms with Gasteiger partial charge in [-0.15, -0.1) is 0 Å². The second-order valence-corrected chi connectivity index (χ2v) is 4.84. The highest BCUT2D eigenvalue weighted by atomic mass is 14.6. The van der Waals surface area contributed by atoms with Gasteiger partial charge in [-0.05, 0) is 48.1 Å². The Morgan fingerprint density at radius 3 is 2.50 bits per heavy atom. The third-order valence-electron chi connectivity index (χ3n) is 3.64. The van der Waals surface area contributed by atoms with Gasteiger partial charge in [0.25, 0.3) is 0 Å². The van der Waals surface area contributed by atoms with Crippen LogP contribution in [0.2, 0.25) is 0 Å². The van der Waals surface area contributed by atoms with Crippen LogP contribution in [0.3, 0.4) is 0 Å². The molecule has 0 radical (unpaired) electrons. The quantitative estimate of drug-likeness (QED) is 0.750. The molecule has 0 spiro atoms. The molecule has 0 fully saturated rings. The molecule has 1 aliphatic carbocycles. The molecule has 18 heavy (non-hydrogen) atoms. The van der Waals surface area contributed by atoms with Crippen molar-refractivity contribution in [3.8, 4) is 0 Å². The average Bonchev–Trinajstić information content (AvgIpc) is 2.49. The first kappa shape index (κ1) is 11.2. The van der Waals surface area contributed by atoms with Gasteiger partial charge in [-0.3, -0.25) is 4.98 Å². The normalized spacial score (nSPS) is 19.3. The Morgan fingerprint density at radius 1 is 0.944 bits per heavy atom. The molecular formula is C17H17N. The van der Waals surface area contributed by atoms with Crippen molar-refractivity contribution in [1.82, 2.24) is 4.98 Å². The Kier molecular flexibility index (Phi) is 3.22. The molecule has 1 unspecified atom stereocenters. The number of benzene rings is 1. The van der Waals surface area contributed by atoms with E-state index in [1.807, 2.05) is 12.4 Å². The van der Waals surface area contributed by atoms with Gasteiger partial charge in [-0.1, -0.05) is 36.4 Å². The van der Waals surface area contributed by atoms with Crippen LogP contribution in [0, 0.1) is 0 Å². The summed E-state index contributed by atoms with van der Waals surface area (Å²) in [7, 11) is 0. The fourth-order valence-electron chi connectivity index (χ4n) is 2.69. The first-order valence-electron chi connectivity index (χ1n) is 6.59. The minimum absolute atomic E-state index is 0.553. The molecule has 1 heteroatoms. The molecule has 3 rings (SSSR count). The van der Waals surface area contributed by atoms with Crippen LogP contribution in [-0.2, 0) is 0 Å². The van der Waals surface area contributed by atoms with E-state index < -0.39 is 0 Å². The molecule has 0 amide bonds. The maximum atomic E-state index is 4.10. The summed E-state index contributed by atoms with van der Waals surface area (Å²) in [6.45, 7) is 0. The maximum absolute atomic E-state index is 4.10. The van der Waals surface area contributed by atoms with Crippen molar-refractivity contribution in [3.05, 3.63) is 72.1 Å². The van der Waals surface area contributed by atoms with Crippen molar-refractivity contribution >= 4 is 5.57 Å². The van der Waals surface area contributed by atoms with E-state index in [1.54, 1.807) is 0 Å². The van der Waals surface area contributed by atoms with Crippen LogP contribution in [0.5, 0.6) is 0 Å². The molecule has 0 aliphatic heterocycles. The van der Waals surface area contributed by atoms with E-state index in [0.717, 1.165) is 0 Å². The van der Waals surface area contributed by atoms with Gasteiger partial charge >= 0.3 is 0 Å². The van der Waals surface area contributed by atoms with Gasteiger partial charge in [0, 0.05) is 18.3 Å². The summed E-state index contributed by atoms with van der Waals surface area (Å²) in [5, 5.41) is 0. The highest BCUT2D eigenvalue weighted by Gasteiger charge is 2.15. The zero-order valence-corrected chi connectivity index (χ0v) is 10.4. The average molecular weight is 235 g/mol. The van der Waals surface area contributed by atoms with Crippen LogP contribution in [0.25, 0.3) is 5.57 Å². The van der Waals surface area contributed by atoms with Gasteiger partial charge < -0.3 is 0 Å². The standard InChI is InChI=1S/C17H17N/c1-2-5-14(6-3-1)16-7-4-8-17(13-16)15-9-11-18-12-10-15/h1-3,5-6,9-13,17H,4,7-8H2. The van der Waals surface area contributed by atoms with Crippen LogP contribution >= 0.6 is 0 Å². The van der Waals surface area contributed by atoms with Gasteiger partial charge in [0.1, 0.15) is 0 Å². The lowest BCUT2D eigenvalue weighted by atomic mass is 9.84. The first-order valence-corrected chi connectivity index (χ1v) is 6.59. The topological polar surface area (TPSA) is 12.9 Å². The highest BCUT2D eigenvalue weighted by Crippen LogP contribution is 2.35. The lowest BCUT2D eigenvalue weighted by molar-refractivity contribution is 0.663. The van der Waals surface area contributed by atoms with E-state index in [-0.39, 0.29) is 0 Å². The summed E-state index contributed by atoms with van der Waals surface area (Å²) in [5.74, 6) is 0.553. The van der Waals surface area contributed by atoms with E-state index in [2.05, 4.69) is 53.5 Å². The molecule has 0 N–H and O–H groups in total. The lowest BCUT2D eigenvalue weighted by Gasteiger charge is -2.21. The molecule has 1 aliphatic rings. The molecular weight excluding hydrogens is 218 g/mol. The highest BCUT2D eigenvalue weighted by molar-refractivity contribution is 5.67. The minimum Gasteiger partial charge on any atom is -0.265 e. The summed E-state index contributed by atoms with van der Waals surface area (Å²) >= 11 is 0. The third kappa shape index (κ3) is 2.35. The summed E-state index contributed by atoms with van der Waals surface area (Å²) in [6, 6.07) is 15.0. The van der Waals surface area contributed by atoms with E-state index >= 15 is 0 Å². The molecule has 0 saturated heterocycles. The molecule has 90 valence electrons. The Balaban J connectivity index is 1.91. The van der Waals surface area contributed by atoms with Crippen molar-refractivity contribution in [2.45, 2.75) is 25.2 Å². The molecule has 0 saturated carbocycles. The molecule has 1 nitrogen and oxygen atoms in total. The van der Waals surface area contributed by atoms with Gasteiger partial charge in [-0.2, -0.15) is 0 Å². The maximum Gasteiger partial charge on any atom is 0.0270 e. The van der Waals surface area contributed by atoms with Crippen molar-refractivity contribution in [3.63, 3.8) is 0 Å². The largest absolute Gasteiger partial charge is 0.265 e. The Hall–Kier alpha value is -1.89. The van der Waals surface area contributed by atoms with Crippen LogP contribution < -0.4 is 0 Å². The van der Waals surface area contributed by atoms with Crippen LogP contribution in [0.15, 0.2) is 60.9 Å². The monoisotopic (exact) mass is 235 g/mol. The van der Waals surface area contributed by atoms with E-state index in [9.17, 15) is 0 Å². The first-order chi connectivity index (χ1) is 8.93. The molecule has 1 aromatic carbocycles. The number of pyridine rings is 1. The summed E-state index contributed by atoms with van der Waals surface area (Å²) in [4.78, 5) is 4.10. The molecule has 0 bridgehead atoms. The molecule has 1 aromatic heterocycles. The van der Waals surface area contributed by atoms with Gasteiger partial charge in [-0.25, -0.2) is 0 Å². The Morgan fingerprint density at radius 2 is 1.72 bits per heavy atom. The number of nitrogens with zero attached hydrogens (tertiary/aromatic N) is 1. The lowest BCUT2D eigenvalue weighted by Crippen LogP contribution is -2.03. The summed E-state index contributed by atoms with van der Waals surface area (Å²) in [6.07, 6.45) is 9.94. The van der Waals surface area contributed by atoms with E-state index in [4.69, 9.17) is 0 Å². The number of hydrogen-bond donors (Lipinski definition) is 0. The van der Waals surface area contributed by atoms with Gasteiger partial charge in [0.2, 0.25) is 0 Å². The van der Waals surface area contributed by atoms with E-state index in [1.165, 1.54) is 36.0 Å². The summed E-state index contributed by atoms with van der Waals surface area (Å²) in [5.41, 5.74) is 4.25. The summed E-state index contributed by atoms with van der Waals surface area (Å²) < 4.78 is 0. The van der Waals surface area contributed by atoms with Crippen molar-refractivity contribution in [2.75, 3.05) is 0 Å². The molecule has 2 aromatic rings. The SMILES string of the molecule is C1=C(c2ccccc2)CCCC1c1ccncc1. The number of rotatable bonds is 2. The minimum atomic E-state index is 0.553. The number of aromatic nitrogens is 1. The second-order valence-electron chi connectivity index (χ2n) is 4.84. The predicted octanol–water partition coefficient (Wildman–Crippen LogP) is 4.43. The fraction of sp³-hybridized carbons (Fsp3) is 0.235. The smallest absolute Gasteiger partial charge is 0.0270 e. The second kappa shape index (κ2) is 5.18. The van der Waals surface area contributed by atoms with Crippen molar-refractivity contribution in [2.24, 2.45) is 0 Å². The fourth-order valence-corrected chi connectivity index (χ4v) is 2.69. The van der Waals surface area contributed by atoms with E-state index in [0.29, 0.717) is 5.92 Å². The van der Waals surface area contributed by atoms with Crippen LogP contribution in [-0.4, -0.2) is 4.98 Å². The van der Waals surface area contributed by atoms with Crippen molar-refractivity contribution < 1.29 is 0 Å². The zero-order chi connectivity index (χ0) is 12.2.